The summed E-state index contributed by atoms with van der Waals surface area (Å²) in [7, 11) is 0. The molecule has 7 heteroatoms. The molecule has 0 rings (SSSR count). The maximum absolute atomic E-state index is 11.6. The summed E-state index contributed by atoms with van der Waals surface area (Å²) < 4.78 is 0. The van der Waals surface area contributed by atoms with E-state index in [1.165, 1.54) is 0 Å². The Morgan fingerprint density at radius 2 is 1.85 bits per heavy atom. The lowest BCUT2D eigenvalue weighted by atomic mass is 9.87. The third kappa shape index (κ3) is 7.72. The number of aliphatic hydroxyl groups is 2. The zero-order chi connectivity index (χ0) is 15.6. The summed E-state index contributed by atoms with van der Waals surface area (Å²) in [6.07, 6.45) is -0.240. The molecule has 0 fully saturated rings. The van der Waals surface area contributed by atoms with Crippen molar-refractivity contribution in [2.75, 3.05) is 31.2 Å². The van der Waals surface area contributed by atoms with E-state index in [-0.39, 0.29) is 19.1 Å². The maximum Gasteiger partial charge on any atom is 0.249 e. The normalized spacial score (nSPS) is 12.8. The SMILES string of the molecule is CCCSCC(=O)NCCNC(=O)[C@H](O)C(C)(C)CO. The second kappa shape index (κ2) is 10.0. The highest BCUT2D eigenvalue weighted by Crippen LogP contribution is 2.19. The molecule has 0 saturated heterocycles. The molecule has 2 amide bonds. The van der Waals surface area contributed by atoms with Gasteiger partial charge in [-0.1, -0.05) is 20.8 Å². The van der Waals surface area contributed by atoms with Crippen LogP contribution in [0.5, 0.6) is 0 Å². The van der Waals surface area contributed by atoms with E-state index >= 15 is 0 Å². The van der Waals surface area contributed by atoms with Crippen LogP contribution in [0, 0.1) is 5.41 Å². The van der Waals surface area contributed by atoms with E-state index in [0.717, 1.165) is 12.2 Å². The van der Waals surface area contributed by atoms with Crippen molar-refractivity contribution in [2.45, 2.75) is 33.3 Å². The zero-order valence-corrected chi connectivity index (χ0v) is 13.3. The van der Waals surface area contributed by atoms with E-state index in [2.05, 4.69) is 17.6 Å². The minimum absolute atomic E-state index is 0.0612. The molecule has 0 bridgehead atoms. The molecule has 0 aliphatic heterocycles. The van der Waals surface area contributed by atoms with Gasteiger partial charge < -0.3 is 20.8 Å². The lowest BCUT2D eigenvalue weighted by Crippen LogP contribution is -2.47. The maximum atomic E-state index is 11.6. The molecule has 6 nitrogen and oxygen atoms in total. The van der Waals surface area contributed by atoms with Gasteiger partial charge in [-0.3, -0.25) is 9.59 Å². The zero-order valence-electron chi connectivity index (χ0n) is 12.4. The molecule has 0 saturated carbocycles. The second-order valence-electron chi connectivity index (χ2n) is 5.24. The molecule has 0 radical (unpaired) electrons. The van der Waals surface area contributed by atoms with Gasteiger partial charge in [0.05, 0.1) is 12.4 Å². The lowest BCUT2D eigenvalue weighted by molar-refractivity contribution is -0.137. The molecule has 20 heavy (non-hydrogen) atoms. The number of thioether (sulfide) groups is 1. The molecule has 0 aromatic carbocycles. The molecule has 1 atom stereocenters. The van der Waals surface area contributed by atoms with Crippen LogP contribution in [0.1, 0.15) is 27.2 Å². The number of nitrogens with one attached hydrogen (secondary N) is 2. The summed E-state index contributed by atoms with van der Waals surface area (Å²) in [6.45, 7) is 5.55. The van der Waals surface area contributed by atoms with Crippen molar-refractivity contribution in [3.63, 3.8) is 0 Å². The summed E-state index contributed by atoms with van der Waals surface area (Å²) in [5, 5.41) is 24.0. The van der Waals surface area contributed by atoms with Crippen molar-refractivity contribution in [1.29, 1.82) is 0 Å². The van der Waals surface area contributed by atoms with Crippen LogP contribution < -0.4 is 10.6 Å². The van der Waals surface area contributed by atoms with Crippen LogP contribution in [0.4, 0.5) is 0 Å². The Morgan fingerprint density at radius 1 is 1.25 bits per heavy atom. The number of amides is 2. The van der Waals surface area contributed by atoms with Crippen LogP contribution in [0.15, 0.2) is 0 Å². The average Bonchev–Trinajstić information content (AvgIpc) is 2.42. The summed E-state index contributed by atoms with van der Waals surface area (Å²) in [5.41, 5.74) is -0.885. The first-order valence-electron chi connectivity index (χ1n) is 6.76. The molecule has 118 valence electrons. The molecule has 0 aliphatic rings. The Labute approximate surface area is 124 Å². The number of rotatable bonds is 10. The second-order valence-corrected chi connectivity index (χ2v) is 6.35. The monoisotopic (exact) mass is 306 g/mol. The summed E-state index contributed by atoms with van der Waals surface area (Å²) in [5.74, 6) is 0.766. The van der Waals surface area contributed by atoms with Crippen molar-refractivity contribution in [2.24, 2.45) is 5.41 Å². The molecule has 0 heterocycles. The third-order valence-electron chi connectivity index (χ3n) is 2.72. The van der Waals surface area contributed by atoms with Crippen molar-refractivity contribution in [1.82, 2.24) is 10.6 Å². The van der Waals surface area contributed by atoms with E-state index < -0.39 is 17.4 Å². The van der Waals surface area contributed by atoms with Gasteiger partial charge >= 0.3 is 0 Å². The minimum Gasteiger partial charge on any atom is -0.396 e. The van der Waals surface area contributed by atoms with Crippen molar-refractivity contribution in [3.8, 4) is 0 Å². The Bertz CT molecular complexity index is 311. The fraction of sp³-hybridized carbons (Fsp3) is 0.846. The van der Waals surface area contributed by atoms with Crippen molar-refractivity contribution < 1.29 is 19.8 Å². The fourth-order valence-electron chi connectivity index (χ4n) is 1.29. The molecule has 0 spiro atoms. The van der Waals surface area contributed by atoms with Crippen LogP contribution in [0.2, 0.25) is 0 Å². The third-order valence-corrected chi connectivity index (χ3v) is 3.89. The Balaban J connectivity index is 3.79. The highest BCUT2D eigenvalue weighted by molar-refractivity contribution is 7.99. The molecular weight excluding hydrogens is 280 g/mol. The lowest BCUT2D eigenvalue weighted by Gasteiger charge is -2.27. The smallest absolute Gasteiger partial charge is 0.249 e. The van der Waals surface area contributed by atoms with Gasteiger partial charge in [0.1, 0.15) is 6.10 Å². The predicted octanol–water partition coefficient (Wildman–Crippen LogP) is -0.259. The van der Waals surface area contributed by atoms with E-state index in [0.29, 0.717) is 12.3 Å². The first-order valence-corrected chi connectivity index (χ1v) is 7.91. The van der Waals surface area contributed by atoms with Crippen molar-refractivity contribution >= 4 is 23.6 Å². The quantitative estimate of drug-likeness (QED) is 0.417. The van der Waals surface area contributed by atoms with Crippen LogP contribution in [-0.2, 0) is 9.59 Å². The number of hydrogen-bond acceptors (Lipinski definition) is 5. The largest absolute Gasteiger partial charge is 0.396 e. The molecule has 0 aromatic heterocycles. The minimum atomic E-state index is -1.27. The standard InChI is InChI=1S/C13H26N2O4S/c1-4-7-20-8-10(17)14-5-6-15-12(19)11(18)13(2,3)9-16/h11,16,18H,4-9H2,1-3H3,(H,14,17)(H,15,19)/t11-/m0/s1. The molecule has 0 aromatic rings. The van der Waals surface area contributed by atoms with E-state index in [1.807, 2.05) is 0 Å². The fourth-order valence-corrected chi connectivity index (χ4v) is 2.01. The van der Waals surface area contributed by atoms with Crippen molar-refractivity contribution in [3.05, 3.63) is 0 Å². The van der Waals surface area contributed by atoms with E-state index in [9.17, 15) is 14.7 Å². The van der Waals surface area contributed by atoms with Gasteiger partial charge in [-0.25, -0.2) is 0 Å². The van der Waals surface area contributed by atoms with Crippen LogP contribution >= 0.6 is 11.8 Å². The van der Waals surface area contributed by atoms with Gasteiger partial charge in [-0.15, -0.1) is 0 Å². The van der Waals surface area contributed by atoms with Gasteiger partial charge in [-0.05, 0) is 12.2 Å². The van der Waals surface area contributed by atoms with Crippen LogP contribution in [-0.4, -0.2) is 59.3 Å². The highest BCUT2D eigenvalue weighted by atomic mass is 32.2. The molecule has 0 unspecified atom stereocenters. The highest BCUT2D eigenvalue weighted by Gasteiger charge is 2.32. The van der Waals surface area contributed by atoms with E-state index in [4.69, 9.17) is 5.11 Å². The number of carbonyl (C=O) groups is 2. The number of carbonyl (C=O) groups excluding carboxylic acids is 2. The van der Waals surface area contributed by atoms with Crippen LogP contribution in [0.25, 0.3) is 0 Å². The van der Waals surface area contributed by atoms with Gasteiger partial charge in [0.15, 0.2) is 0 Å². The summed E-state index contributed by atoms with van der Waals surface area (Å²) in [4.78, 5) is 23.0. The molecular formula is C13H26N2O4S. The Morgan fingerprint density at radius 3 is 2.40 bits per heavy atom. The first kappa shape index (κ1) is 19.2. The topological polar surface area (TPSA) is 98.7 Å². The predicted molar refractivity (Wildman–Crippen MR) is 80.5 cm³/mol. The molecule has 0 aliphatic carbocycles. The van der Waals surface area contributed by atoms with Gasteiger partial charge in [0.2, 0.25) is 11.8 Å². The van der Waals surface area contributed by atoms with Gasteiger partial charge in [-0.2, -0.15) is 11.8 Å². The summed E-state index contributed by atoms with van der Waals surface area (Å²) >= 11 is 1.57. The summed E-state index contributed by atoms with van der Waals surface area (Å²) in [6, 6.07) is 0. The first-order chi connectivity index (χ1) is 9.35. The van der Waals surface area contributed by atoms with Crippen LogP contribution in [0.3, 0.4) is 0 Å². The van der Waals surface area contributed by atoms with E-state index in [1.54, 1.807) is 25.6 Å². The Hall–Kier alpha value is -0.790. The van der Waals surface area contributed by atoms with Gasteiger partial charge in [0.25, 0.3) is 0 Å². The Kier molecular flexibility index (Phi) is 9.62. The van der Waals surface area contributed by atoms with Gasteiger partial charge in [0, 0.05) is 18.5 Å². The number of aliphatic hydroxyl groups excluding tert-OH is 2. The molecule has 4 N–H and O–H groups in total. The number of hydrogen-bond donors (Lipinski definition) is 4. The average molecular weight is 306 g/mol.